The molecule has 0 aromatic heterocycles. The van der Waals surface area contributed by atoms with Gasteiger partial charge in [0.1, 0.15) is 0 Å². The summed E-state index contributed by atoms with van der Waals surface area (Å²) >= 11 is 0. The smallest absolute Gasteiger partial charge is 0.240 e. The summed E-state index contributed by atoms with van der Waals surface area (Å²) in [6.45, 7) is 0. The second-order valence-corrected chi connectivity index (χ2v) is 1.63. The van der Waals surface area contributed by atoms with E-state index in [4.69, 9.17) is 4.57 Å². The van der Waals surface area contributed by atoms with Gasteiger partial charge in [-0.15, -0.1) is 0 Å². The zero-order chi connectivity index (χ0) is 4.99. The van der Waals surface area contributed by atoms with Crippen LogP contribution in [-0.2, 0) is 18.0 Å². The van der Waals surface area contributed by atoms with Crippen molar-refractivity contribution < 1.29 is 18.0 Å². The Labute approximate surface area is 35.7 Å². The highest BCUT2D eigenvalue weighted by molar-refractivity contribution is 7.36. The molecule has 0 bridgehead atoms. The van der Waals surface area contributed by atoms with Crippen molar-refractivity contribution >= 4 is 16.6 Å². The minimum atomic E-state index is -2.93. The fourth-order valence-electron chi connectivity index (χ4n) is 0.0272. The van der Waals surface area contributed by atoms with Gasteiger partial charge in [-0.05, 0) is 0 Å². The highest BCUT2D eigenvalue weighted by Crippen LogP contribution is 2.12. The van der Waals surface area contributed by atoms with E-state index >= 15 is 0 Å². The Hall–Kier alpha value is -0.0400. The molecule has 0 radical (unpaired) electrons. The van der Waals surface area contributed by atoms with Gasteiger partial charge in [0.15, 0.2) is 0 Å². The van der Waals surface area contributed by atoms with E-state index in [2.05, 4.69) is 4.31 Å². The molecular formula is O4P2. The summed E-state index contributed by atoms with van der Waals surface area (Å²) in [4.78, 5) is 0. The molecule has 0 aliphatic carbocycles. The first-order valence-electron chi connectivity index (χ1n) is 0.913. The fourth-order valence-corrected chi connectivity index (χ4v) is 0.245. The third-order valence-corrected chi connectivity index (χ3v) is 0.900. The molecule has 0 aromatic rings. The van der Waals surface area contributed by atoms with Crippen molar-refractivity contribution in [1.82, 2.24) is 0 Å². The van der Waals surface area contributed by atoms with Crippen LogP contribution in [0.15, 0.2) is 0 Å². The van der Waals surface area contributed by atoms with Gasteiger partial charge in [-0.1, -0.05) is 0 Å². The zero-order valence-corrected chi connectivity index (χ0v) is 4.32. The van der Waals surface area contributed by atoms with E-state index in [1.165, 1.54) is 0 Å². The van der Waals surface area contributed by atoms with E-state index in [-0.39, 0.29) is 0 Å². The van der Waals surface area contributed by atoms with Crippen molar-refractivity contribution in [2.45, 2.75) is 0 Å². The SMILES string of the molecule is O=POP(=O)=O. The molecular weight excluding hydrogens is 126 g/mol. The highest BCUT2D eigenvalue weighted by atomic mass is 31.2. The summed E-state index contributed by atoms with van der Waals surface area (Å²) in [7, 11) is -3.75. The third kappa shape index (κ3) is 3.96. The Balaban J connectivity index is 3.32. The van der Waals surface area contributed by atoms with E-state index in [0.29, 0.717) is 0 Å². The van der Waals surface area contributed by atoms with Gasteiger partial charge >= 0.3 is 16.6 Å². The zero-order valence-electron chi connectivity index (χ0n) is 2.53. The first-order chi connectivity index (χ1) is 2.77. The second-order valence-electron chi connectivity index (χ2n) is 0.380. The van der Waals surface area contributed by atoms with Gasteiger partial charge in [0.25, 0.3) is 0 Å². The highest BCUT2D eigenvalue weighted by Gasteiger charge is 1.82. The van der Waals surface area contributed by atoms with Crippen LogP contribution in [0.1, 0.15) is 0 Å². The maximum atomic E-state index is 9.21. The van der Waals surface area contributed by atoms with Gasteiger partial charge in [0.05, 0.1) is 0 Å². The maximum Gasteiger partial charge on any atom is 0.479 e. The van der Waals surface area contributed by atoms with E-state index < -0.39 is 16.6 Å². The van der Waals surface area contributed by atoms with Crippen LogP contribution in [-0.4, -0.2) is 0 Å². The van der Waals surface area contributed by atoms with Gasteiger partial charge in [0, 0.05) is 0 Å². The van der Waals surface area contributed by atoms with Gasteiger partial charge < -0.3 is 0 Å². The van der Waals surface area contributed by atoms with Gasteiger partial charge in [0.2, 0.25) is 0 Å². The molecule has 0 aliphatic heterocycles. The Bertz CT molecular complexity index is 92.1. The molecule has 4 nitrogen and oxygen atoms in total. The quantitative estimate of drug-likeness (QED) is 0.523. The summed E-state index contributed by atoms with van der Waals surface area (Å²) in [5.41, 5.74) is 0. The molecule has 6 heavy (non-hydrogen) atoms. The average molecular weight is 126 g/mol. The van der Waals surface area contributed by atoms with Crippen LogP contribution >= 0.6 is 16.6 Å². The first kappa shape index (κ1) is 5.96. The molecule has 0 saturated heterocycles. The molecule has 6 heteroatoms. The maximum absolute atomic E-state index is 9.21. The summed E-state index contributed by atoms with van der Waals surface area (Å²) in [6.07, 6.45) is 0. The lowest BCUT2D eigenvalue weighted by Crippen LogP contribution is -1.34. The lowest BCUT2D eigenvalue weighted by Gasteiger charge is -1.58. The van der Waals surface area contributed by atoms with Crippen LogP contribution in [0.3, 0.4) is 0 Å². The van der Waals surface area contributed by atoms with Crippen molar-refractivity contribution in [1.29, 1.82) is 0 Å². The number of hydrogen-bond donors (Lipinski definition) is 0. The van der Waals surface area contributed by atoms with Crippen molar-refractivity contribution in [2.24, 2.45) is 0 Å². The molecule has 0 aromatic carbocycles. The largest absolute Gasteiger partial charge is 0.479 e. The molecule has 0 rings (SSSR count). The lowest BCUT2D eigenvalue weighted by molar-refractivity contribution is 0.444. The summed E-state index contributed by atoms with van der Waals surface area (Å²) < 4.78 is 30.9. The van der Waals surface area contributed by atoms with Crippen molar-refractivity contribution in [3.05, 3.63) is 0 Å². The Morgan fingerprint density at radius 1 is 1.50 bits per heavy atom. The predicted octanol–water partition coefficient (Wildman–Crippen LogP) is 1.30. The van der Waals surface area contributed by atoms with E-state index in [9.17, 15) is 9.13 Å². The summed E-state index contributed by atoms with van der Waals surface area (Å²) in [5, 5.41) is 0. The van der Waals surface area contributed by atoms with Gasteiger partial charge in [-0.2, -0.15) is 4.31 Å². The third-order valence-electron chi connectivity index (χ3n) is 0.100. The van der Waals surface area contributed by atoms with Crippen LogP contribution in [0.5, 0.6) is 0 Å². The summed E-state index contributed by atoms with van der Waals surface area (Å²) in [5.74, 6) is 0. The van der Waals surface area contributed by atoms with Crippen LogP contribution in [0.25, 0.3) is 0 Å². The van der Waals surface area contributed by atoms with Gasteiger partial charge in [-0.3, -0.25) is 0 Å². The van der Waals surface area contributed by atoms with E-state index in [1.807, 2.05) is 0 Å². The molecule has 0 atom stereocenters. The standard InChI is InChI=1S/O4P2/c1-5-4-6(2)3. The molecule has 0 amide bonds. The second kappa shape index (κ2) is 3.16. The minimum absolute atomic E-state index is 0.822. The molecule has 0 fully saturated rings. The van der Waals surface area contributed by atoms with Crippen LogP contribution in [0, 0.1) is 0 Å². The Morgan fingerprint density at radius 3 is 2.00 bits per heavy atom. The van der Waals surface area contributed by atoms with Crippen molar-refractivity contribution in [2.75, 3.05) is 0 Å². The number of rotatable bonds is 2. The molecule has 0 spiro atoms. The van der Waals surface area contributed by atoms with Crippen LogP contribution in [0.4, 0.5) is 0 Å². The molecule has 34 valence electrons. The average Bonchev–Trinajstić information content (AvgIpc) is 1.35. The molecule has 0 unspecified atom stereocenters. The first-order valence-corrected chi connectivity index (χ1v) is 2.74. The predicted molar refractivity (Wildman–Crippen MR) is 17.0 cm³/mol. The number of hydrogen-bond acceptors (Lipinski definition) is 4. The molecule has 0 N–H and O–H groups in total. The topological polar surface area (TPSA) is 60.4 Å². The van der Waals surface area contributed by atoms with E-state index in [1.54, 1.807) is 0 Å². The minimum Gasteiger partial charge on any atom is -0.240 e. The normalized spacial score (nSPS) is 8.67. The van der Waals surface area contributed by atoms with Crippen LogP contribution in [0.2, 0.25) is 0 Å². The van der Waals surface area contributed by atoms with Crippen molar-refractivity contribution in [3.63, 3.8) is 0 Å². The lowest BCUT2D eigenvalue weighted by atomic mass is 15.8. The summed E-state index contributed by atoms with van der Waals surface area (Å²) in [6, 6.07) is 0. The Kier molecular flexibility index (Phi) is 3.14. The Morgan fingerprint density at radius 2 is 2.00 bits per heavy atom. The van der Waals surface area contributed by atoms with Gasteiger partial charge in [-0.25, -0.2) is 13.7 Å². The monoisotopic (exact) mass is 126 g/mol. The van der Waals surface area contributed by atoms with Crippen molar-refractivity contribution in [3.8, 4) is 0 Å². The fraction of sp³-hybridized carbons (Fsp3) is 0. The molecule has 0 aliphatic rings. The molecule has 0 heterocycles. The van der Waals surface area contributed by atoms with Crippen LogP contribution < -0.4 is 0 Å². The molecule has 0 saturated carbocycles. The van der Waals surface area contributed by atoms with E-state index in [0.717, 1.165) is 0 Å².